The molecule has 1 saturated heterocycles. The quantitative estimate of drug-likeness (QED) is 0.334. The van der Waals surface area contributed by atoms with Gasteiger partial charge in [0.25, 0.3) is 0 Å². The van der Waals surface area contributed by atoms with Gasteiger partial charge in [-0.2, -0.15) is 0 Å². The Morgan fingerprint density at radius 1 is 1.03 bits per heavy atom. The molecule has 0 bridgehead atoms. The smallest absolute Gasteiger partial charge is 0.221 e. The van der Waals surface area contributed by atoms with Gasteiger partial charge in [-0.1, -0.05) is 12.1 Å². The van der Waals surface area contributed by atoms with E-state index in [-0.39, 0.29) is 35.7 Å². The van der Waals surface area contributed by atoms with Gasteiger partial charge in [-0.3, -0.25) is 9.79 Å². The maximum atomic E-state index is 13.1. The molecule has 1 amide bonds. The van der Waals surface area contributed by atoms with Crippen LogP contribution in [0.1, 0.15) is 19.4 Å². The summed E-state index contributed by atoms with van der Waals surface area (Å²) in [6.07, 6.45) is 0.838. The van der Waals surface area contributed by atoms with Crippen molar-refractivity contribution in [3.05, 3.63) is 59.9 Å². The maximum Gasteiger partial charge on any atom is 0.221 e. The SMILES string of the molecule is CCNC(=NCCc1ccc(NC(C)=O)cc1)N1CCN(c2ccc(F)cc2)CC1.I. The second-order valence-corrected chi connectivity index (χ2v) is 7.31. The lowest BCUT2D eigenvalue weighted by Gasteiger charge is -2.37. The van der Waals surface area contributed by atoms with Gasteiger partial charge in [-0.05, 0) is 55.3 Å². The zero-order valence-corrected chi connectivity index (χ0v) is 20.4. The van der Waals surface area contributed by atoms with Crippen LogP contribution in [0.2, 0.25) is 0 Å². The van der Waals surface area contributed by atoms with Gasteiger partial charge in [0, 0.05) is 57.6 Å². The zero-order valence-electron chi connectivity index (χ0n) is 18.1. The van der Waals surface area contributed by atoms with Crippen LogP contribution in [0.4, 0.5) is 15.8 Å². The number of guanidine groups is 1. The van der Waals surface area contributed by atoms with E-state index in [9.17, 15) is 9.18 Å². The van der Waals surface area contributed by atoms with E-state index in [2.05, 4.69) is 27.4 Å². The number of amides is 1. The molecule has 31 heavy (non-hydrogen) atoms. The van der Waals surface area contributed by atoms with Crippen molar-refractivity contribution >= 4 is 47.2 Å². The van der Waals surface area contributed by atoms with E-state index in [4.69, 9.17) is 4.99 Å². The number of carbonyl (C=O) groups excluding carboxylic acids is 1. The van der Waals surface area contributed by atoms with Gasteiger partial charge in [-0.15, -0.1) is 24.0 Å². The average Bonchev–Trinajstić information content (AvgIpc) is 2.75. The Morgan fingerprint density at radius 2 is 1.68 bits per heavy atom. The first kappa shape index (κ1) is 24.9. The monoisotopic (exact) mass is 539 g/mol. The fourth-order valence-corrected chi connectivity index (χ4v) is 3.50. The summed E-state index contributed by atoms with van der Waals surface area (Å²) in [5.41, 5.74) is 3.05. The fraction of sp³-hybridized carbons (Fsp3) is 0.391. The van der Waals surface area contributed by atoms with Crippen molar-refractivity contribution in [2.75, 3.05) is 49.5 Å². The van der Waals surface area contributed by atoms with Gasteiger partial charge in [0.15, 0.2) is 5.96 Å². The first-order valence-electron chi connectivity index (χ1n) is 10.5. The van der Waals surface area contributed by atoms with Gasteiger partial charge in [0.1, 0.15) is 5.82 Å². The van der Waals surface area contributed by atoms with Crippen LogP contribution < -0.4 is 15.5 Å². The third-order valence-electron chi connectivity index (χ3n) is 5.04. The number of hydrogen-bond acceptors (Lipinski definition) is 3. The summed E-state index contributed by atoms with van der Waals surface area (Å²) in [6, 6.07) is 14.6. The van der Waals surface area contributed by atoms with E-state index in [1.54, 1.807) is 0 Å². The molecule has 3 rings (SSSR count). The number of anilines is 2. The van der Waals surface area contributed by atoms with Crippen LogP contribution >= 0.6 is 24.0 Å². The molecule has 0 atom stereocenters. The van der Waals surface area contributed by atoms with Crippen molar-refractivity contribution in [2.24, 2.45) is 4.99 Å². The number of carbonyl (C=O) groups is 1. The molecular formula is C23H31FIN5O. The van der Waals surface area contributed by atoms with Crippen molar-refractivity contribution in [1.82, 2.24) is 10.2 Å². The molecule has 2 aromatic carbocycles. The molecule has 0 aliphatic carbocycles. The lowest BCUT2D eigenvalue weighted by atomic mass is 10.1. The van der Waals surface area contributed by atoms with Crippen molar-refractivity contribution in [1.29, 1.82) is 0 Å². The lowest BCUT2D eigenvalue weighted by Crippen LogP contribution is -2.52. The second kappa shape index (κ2) is 12.5. The Labute approximate surface area is 200 Å². The molecule has 8 heteroatoms. The topological polar surface area (TPSA) is 60.0 Å². The zero-order chi connectivity index (χ0) is 21.3. The van der Waals surface area contributed by atoms with Gasteiger partial charge < -0.3 is 20.4 Å². The van der Waals surface area contributed by atoms with Crippen LogP contribution in [0.3, 0.4) is 0 Å². The molecule has 1 aliphatic rings. The minimum Gasteiger partial charge on any atom is -0.368 e. The number of hydrogen-bond donors (Lipinski definition) is 2. The Balaban J connectivity index is 0.00000341. The Kier molecular flexibility index (Phi) is 10.0. The molecule has 0 saturated carbocycles. The number of nitrogens with zero attached hydrogens (tertiary/aromatic N) is 3. The maximum absolute atomic E-state index is 13.1. The molecule has 6 nitrogen and oxygen atoms in total. The van der Waals surface area contributed by atoms with Crippen LogP contribution in [-0.4, -0.2) is 56.0 Å². The first-order valence-corrected chi connectivity index (χ1v) is 10.5. The molecule has 168 valence electrons. The summed E-state index contributed by atoms with van der Waals surface area (Å²) in [4.78, 5) is 20.5. The van der Waals surface area contributed by atoms with Crippen molar-refractivity contribution < 1.29 is 9.18 Å². The summed E-state index contributed by atoms with van der Waals surface area (Å²) in [5.74, 6) is 0.664. The molecule has 2 aromatic rings. The van der Waals surface area contributed by atoms with E-state index in [0.717, 1.165) is 56.5 Å². The molecule has 1 fully saturated rings. The molecule has 0 spiro atoms. The summed E-state index contributed by atoms with van der Waals surface area (Å²) >= 11 is 0. The van der Waals surface area contributed by atoms with Crippen LogP contribution in [0.15, 0.2) is 53.5 Å². The Morgan fingerprint density at radius 3 is 2.26 bits per heavy atom. The van der Waals surface area contributed by atoms with E-state index in [1.807, 2.05) is 36.4 Å². The van der Waals surface area contributed by atoms with Gasteiger partial charge in [-0.25, -0.2) is 4.39 Å². The molecule has 1 heterocycles. The number of rotatable bonds is 6. The molecule has 0 unspecified atom stereocenters. The summed E-state index contributed by atoms with van der Waals surface area (Å²) < 4.78 is 13.1. The fourth-order valence-electron chi connectivity index (χ4n) is 3.50. The number of aliphatic imine (C=N–C) groups is 1. The summed E-state index contributed by atoms with van der Waals surface area (Å²) in [6.45, 7) is 8.59. The van der Waals surface area contributed by atoms with E-state index >= 15 is 0 Å². The highest BCUT2D eigenvalue weighted by molar-refractivity contribution is 14.0. The van der Waals surface area contributed by atoms with E-state index in [1.165, 1.54) is 24.6 Å². The highest BCUT2D eigenvalue weighted by Gasteiger charge is 2.19. The third kappa shape index (κ3) is 7.68. The van der Waals surface area contributed by atoms with Crippen molar-refractivity contribution in [3.63, 3.8) is 0 Å². The predicted molar refractivity (Wildman–Crippen MR) is 136 cm³/mol. The third-order valence-corrected chi connectivity index (χ3v) is 5.04. The van der Waals surface area contributed by atoms with Crippen LogP contribution in [0.25, 0.3) is 0 Å². The predicted octanol–water partition coefficient (Wildman–Crippen LogP) is 3.73. The largest absolute Gasteiger partial charge is 0.368 e. The van der Waals surface area contributed by atoms with Crippen LogP contribution in [-0.2, 0) is 11.2 Å². The standard InChI is InChI=1S/C23H30FN5O.HI/c1-3-25-23(26-13-12-19-4-8-21(9-5-19)27-18(2)30)29-16-14-28(15-17-29)22-10-6-20(24)7-11-22;/h4-11H,3,12-17H2,1-2H3,(H,25,26)(H,27,30);1H. The summed E-state index contributed by atoms with van der Waals surface area (Å²) in [5, 5.41) is 6.17. The van der Waals surface area contributed by atoms with Gasteiger partial charge >= 0.3 is 0 Å². The molecular weight excluding hydrogens is 508 g/mol. The van der Waals surface area contributed by atoms with Crippen LogP contribution in [0, 0.1) is 5.82 Å². The van der Waals surface area contributed by atoms with Crippen LogP contribution in [0.5, 0.6) is 0 Å². The molecule has 2 N–H and O–H groups in total. The Bertz CT molecular complexity index is 849. The minimum atomic E-state index is -0.205. The number of halogens is 2. The highest BCUT2D eigenvalue weighted by Crippen LogP contribution is 2.17. The number of benzene rings is 2. The van der Waals surface area contributed by atoms with Crippen molar-refractivity contribution in [2.45, 2.75) is 20.3 Å². The molecule has 0 radical (unpaired) electrons. The second-order valence-electron chi connectivity index (χ2n) is 7.31. The number of piperazine rings is 1. The molecule has 0 aromatic heterocycles. The van der Waals surface area contributed by atoms with E-state index in [0.29, 0.717) is 6.54 Å². The minimum absolute atomic E-state index is 0. The van der Waals surface area contributed by atoms with Gasteiger partial charge in [0.05, 0.1) is 0 Å². The number of nitrogens with one attached hydrogen (secondary N) is 2. The van der Waals surface area contributed by atoms with E-state index < -0.39 is 0 Å². The average molecular weight is 539 g/mol. The van der Waals surface area contributed by atoms with Crippen molar-refractivity contribution in [3.8, 4) is 0 Å². The first-order chi connectivity index (χ1) is 14.5. The van der Waals surface area contributed by atoms with Gasteiger partial charge in [0.2, 0.25) is 5.91 Å². The Hall–Kier alpha value is -2.36. The normalized spacial score (nSPS) is 14.1. The summed E-state index contributed by atoms with van der Waals surface area (Å²) in [7, 11) is 0. The molecule has 1 aliphatic heterocycles. The lowest BCUT2D eigenvalue weighted by molar-refractivity contribution is -0.114. The highest BCUT2D eigenvalue weighted by atomic mass is 127.